The summed E-state index contributed by atoms with van der Waals surface area (Å²) in [6, 6.07) is 12.7. The SMILES string of the molecule is Cc1ccc(CSCCNC(=S)Nc2c(C)cc(C)cc2Cl)cc1. The first kappa shape index (κ1) is 19.1. The molecule has 2 nitrogen and oxygen atoms in total. The number of aryl methyl sites for hydroxylation is 3. The first-order chi connectivity index (χ1) is 11.5. The molecule has 0 heterocycles. The molecule has 0 fully saturated rings. The molecule has 0 aliphatic carbocycles. The third-order valence-electron chi connectivity index (χ3n) is 3.59. The van der Waals surface area contributed by atoms with Crippen LogP contribution in [0.2, 0.25) is 5.02 Å². The lowest BCUT2D eigenvalue weighted by Crippen LogP contribution is -2.30. The molecular weight excluding hydrogens is 356 g/mol. The summed E-state index contributed by atoms with van der Waals surface area (Å²) in [5.41, 5.74) is 5.78. The highest BCUT2D eigenvalue weighted by Crippen LogP contribution is 2.27. The van der Waals surface area contributed by atoms with E-state index in [1.165, 1.54) is 11.1 Å². The first-order valence-electron chi connectivity index (χ1n) is 7.90. The van der Waals surface area contributed by atoms with Crippen LogP contribution in [-0.4, -0.2) is 17.4 Å². The molecule has 5 heteroatoms. The molecule has 0 saturated heterocycles. The van der Waals surface area contributed by atoms with Crippen molar-refractivity contribution in [2.24, 2.45) is 0 Å². The lowest BCUT2D eigenvalue weighted by Gasteiger charge is -2.14. The van der Waals surface area contributed by atoms with Crippen molar-refractivity contribution in [3.05, 3.63) is 63.7 Å². The molecule has 0 atom stereocenters. The highest BCUT2D eigenvalue weighted by atomic mass is 35.5. The predicted octanol–water partition coefficient (Wildman–Crippen LogP) is 5.49. The molecule has 2 aromatic carbocycles. The average Bonchev–Trinajstić information content (AvgIpc) is 2.52. The topological polar surface area (TPSA) is 24.1 Å². The van der Waals surface area contributed by atoms with E-state index in [4.69, 9.17) is 23.8 Å². The van der Waals surface area contributed by atoms with E-state index in [1.807, 2.05) is 31.7 Å². The van der Waals surface area contributed by atoms with Crippen molar-refractivity contribution in [3.63, 3.8) is 0 Å². The molecule has 0 unspecified atom stereocenters. The van der Waals surface area contributed by atoms with Gasteiger partial charge in [0.05, 0.1) is 10.7 Å². The van der Waals surface area contributed by atoms with E-state index in [9.17, 15) is 0 Å². The van der Waals surface area contributed by atoms with Crippen molar-refractivity contribution in [3.8, 4) is 0 Å². The average molecular weight is 379 g/mol. The number of benzene rings is 2. The number of nitrogens with one attached hydrogen (secondary N) is 2. The Balaban J connectivity index is 1.71. The number of thioether (sulfide) groups is 1. The van der Waals surface area contributed by atoms with E-state index >= 15 is 0 Å². The maximum atomic E-state index is 6.29. The van der Waals surface area contributed by atoms with Gasteiger partial charge in [-0.05, 0) is 55.7 Å². The summed E-state index contributed by atoms with van der Waals surface area (Å²) in [4.78, 5) is 0. The number of hydrogen-bond donors (Lipinski definition) is 2. The van der Waals surface area contributed by atoms with Crippen molar-refractivity contribution in [1.82, 2.24) is 5.32 Å². The molecule has 0 aliphatic rings. The van der Waals surface area contributed by atoms with Crippen molar-refractivity contribution >= 4 is 46.4 Å². The van der Waals surface area contributed by atoms with E-state index in [0.29, 0.717) is 10.1 Å². The van der Waals surface area contributed by atoms with Crippen molar-refractivity contribution in [2.45, 2.75) is 26.5 Å². The van der Waals surface area contributed by atoms with Gasteiger partial charge in [-0.25, -0.2) is 0 Å². The van der Waals surface area contributed by atoms with Gasteiger partial charge in [0.2, 0.25) is 0 Å². The van der Waals surface area contributed by atoms with E-state index in [1.54, 1.807) is 0 Å². The third kappa shape index (κ3) is 6.00. The van der Waals surface area contributed by atoms with E-state index in [0.717, 1.165) is 34.9 Å². The molecule has 0 aliphatic heterocycles. The van der Waals surface area contributed by atoms with Crippen LogP contribution in [0.5, 0.6) is 0 Å². The Kier molecular flexibility index (Phi) is 7.40. The van der Waals surface area contributed by atoms with Gasteiger partial charge < -0.3 is 10.6 Å². The number of rotatable bonds is 6. The van der Waals surface area contributed by atoms with Crippen LogP contribution < -0.4 is 10.6 Å². The Hall–Kier alpha value is -1.23. The van der Waals surface area contributed by atoms with Crippen LogP contribution in [-0.2, 0) is 5.75 Å². The number of thiocarbonyl (C=S) groups is 1. The summed E-state index contributed by atoms with van der Waals surface area (Å²) < 4.78 is 0. The Morgan fingerprint density at radius 3 is 2.46 bits per heavy atom. The summed E-state index contributed by atoms with van der Waals surface area (Å²) in [5.74, 6) is 2.02. The molecular formula is C19H23ClN2S2. The molecule has 2 N–H and O–H groups in total. The molecule has 0 spiro atoms. The van der Waals surface area contributed by atoms with Crippen LogP contribution >= 0.6 is 35.6 Å². The van der Waals surface area contributed by atoms with Gasteiger partial charge in [-0.15, -0.1) is 0 Å². The summed E-state index contributed by atoms with van der Waals surface area (Å²) in [7, 11) is 0. The van der Waals surface area contributed by atoms with Gasteiger partial charge in [0, 0.05) is 18.1 Å². The van der Waals surface area contributed by atoms with Gasteiger partial charge in [0.1, 0.15) is 0 Å². The molecule has 24 heavy (non-hydrogen) atoms. The van der Waals surface area contributed by atoms with Crippen molar-refractivity contribution in [2.75, 3.05) is 17.6 Å². The third-order valence-corrected chi connectivity index (χ3v) is 5.17. The van der Waals surface area contributed by atoms with Gasteiger partial charge in [-0.2, -0.15) is 11.8 Å². The second kappa shape index (κ2) is 9.30. The van der Waals surface area contributed by atoms with Crippen molar-refractivity contribution in [1.29, 1.82) is 0 Å². The van der Waals surface area contributed by atoms with Crippen LogP contribution in [0.4, 0.5) is 5.69 Å². The lowest BCUT2D eigenvalue weighted by molar-refractivity contribution is 0.989. The lowest BCUT2D eigenvalue weighted by atomic mass is 10.1. The number of halogens is 1. The van der Waals surface area contributed by atoms with Crippen LogP contribution in [0.3, 0.4) is 0 Å². The van der Waals surface area contributed by atoms with Crippen LogP contribution in [0.25, 0.3) is 0 Å². The molecule has 2 aromatic rings. The normalized spacial score (nSPS) is 10.5. The Morgan fingerprint density at radius 1 is 1.08 bits per heavy atom. The summed E-state index contributed by atoms with van der Waals surface area (Å²) in [6.45, 7) is 6.99. The van der Waals surface area contributed by atoms with Crippen LogP contribution in [0.15, 0.2) is 36.4 Å². The molecule has 0 saturated carbocycles. The molecule has 128 valence electrons. The molecule has 2 rings (SSSR count). The molecule has 0 radical (unpaired) electrons. The minimum absolute atomic E-state index is 0.611. The monoisotopic (exact) mass is 378 g/mol. The van der Waals surface area contributed by atoms with E-state index < -0.39 is 0 Å². The maximum Gasteiger partial charge on any atom is 0.170 e. The van der Waals surface area contributed by atoms with Gasteiger partial charge >= 0.3 is 0 Å². The van der Waals surface area contributed by atoms with Gasteiger partial charge in [0.25, 0.3) is 0 Å². The van der Waals surface area contributed by atoms with Crippen molar-refractivity contribution < 1.29 is 0 Å². The largest absolute Gasteiger partial charge is 0.362 e. The zero-order valence-corrected chi connectivity index (χ0v) is 16.7. The zero-order valence-electron chi connectivity index (χ0n) is 14.3. The fourth-order valence-electron chi connectivity index (χ4n) is 2.34. The van der Waals surface area contributed by atoms with Gasteiger partial charge in [-0.3, -0.25) is 0 Å². The maximum absolute atomic E-state index is 6.29. The second-order valence-corrected chi connectivity index (χ2v) is 7.78. The molecule has 0 aromatic heterocycles. The minimum Gasteiger partial charge on any atom is -0.362 e. The number of hydrogen-bond acceptors (Lipinski definition) is 2. The second-order valence-electron chi connectivity index (χ2n) is 5.86. The predicted molar refractivity (Wildman–Crippen MR) is 112 cm³/mol. The Morgan fingerprint density at radius 2 is 1.79 bits per heavy atom. The molecule has 0 amide bonds. The highest BCUT2D eigenvalue weighted by molar-refractivity contribution is 7.98. The first-order valence-corrected chi connectivity index (χ1v) is 9.84. The van der Waals surface area contributed by atoms with Crippen LogP contribution in [0, 0.1) is 20.8 Å². The minimum atomic E-state index is 0.611. The zero-order chi connectivity index (χ0) is 17.5. The fraction of sp³-hybridized carbons (Fsp3) is 0.316. The number of anilines is 1. The van der Waals surface area contributed by atoms with Crippen LogP contribution in [0.1, 0.15) is 22.3 Å². The van der Waals surface area contributed by atoms with Gasteiger partial charge in [-0.1, -0.05) is 47.5 Å². The Labute approximate surface area is 159 Å². The Bertz CT molecular complexity index is 676. The summed E-state index contributed by atoms with van der Waals surface area (Å²) in [6.07, 6.45) is 0. The standard InChI is InChI=1S/C19H23ClN2S2/c1-13-4-6-16(7-5-13)12-24-9-8-21-19(23)22-18-15(3)10-14(2)11-17(18)20/h4-7,10-11H,8-9,12H2,1-3H3,(H2,21,22,23). The quantitative estimate of drug-likeness (QED) is 0.513. The van der Waals surface area contributed by atoms with Gasteiger partial charge in [0.15, 0.2) is 5.11 Å². The van der Waals surface area contributed by atoms with E-state index in [-0.39, 0.29) is 0 Å². The van der Waals surface area contributed by atoms with E-state index in [2.05, 4.69) is 47.9 Å². The summed E-state index contributed by atoms with van der Waals surface area (Å²) >= 11 is 13.5. The summed E-state index contributed by atoms with van der Waals surface area (Å²) in [5, 5.41) is 7.75. The fourth-order valence-corrected chi connectivity index (χ4v) is 3.73. The highest BCUT2D eigenvalue weighted by Gasteiger charge is 2.07. The molecule has 0 bridgehead atoms. The smallest absolute Gasteiger partial charge is 0.170 e.